The fourth-order valence-electron chi connectivity index (χ4n) is 3.48. The van der Waals surface area contributed by atoms with Gasteiger partial charge in [-0.05, 0) is 49.8 Å². The van der Waals surface area contributed by atoms with Crippen molar-refractivity contribution in [2.75, 3.05) is 18.5 Å². The zero-order valence-corrected chi connectivity index (χ0v) is 13.8. The van der Waals surface area contributed by atoms with Crippen molar-refractivity contribution in [1.82, 2.24) is 10.2 Å². The summed E-state index contributed by atoms with van der Waals surface area (Å²) in [7, 11) is 0. The molecule has 1 saturated heterocycles. The highest BCUT2D eigenvalue weighted by atomic mass is 35.5. The zero-order chi connectivity index (χ0) is 15.6. The van der Waals surface area contributed by atoms with Crippen LogP contribution >= 0.6 is 11.6 Å². The summed E-state index contributed by atoms with van der Waals surface area (Å²) in [4.78, 5) is 0. The molecule has 4 rings (SSSR count). The lowest BCUT2D eigenvalue weighted by Gasteiger charge is -2.15. The number of nitrogens with zero attached hydrogens (tertiary/aromatic N) is 2. The second kappa shape index (κ2) is 6.46. The molecule has 1 aliphatic carbocycles. The van der Waals surface area contributed by atoms with Crippen molar-refractivity contribution < 1.29 is 4.74 Å². The van der Waals surface area contributed by atoms with E-state index in [1.54, 1.807) is 0 Å². The molecule has 1 atom stereocenters. The van der Waals surface area contributed by atoms with Crippen LogP contribution in [0, 0.1) is 0 Å². The normalized spacial score (nSPS) is 19.8. The number of ether oxygens (including phenoxy) is 1. The van der Waals surface area contributed by atoms with Gasteiger partial charge in [-0.15, -0.1) is 10.2 Å². The van der Waals surface area contributed by atoms with Gasteiger partial charge in [-0.3, -0.25) is 0 Å². The van der Waals surface area contributed by atoms with Crippen LogP contribution in [0.15, 0.2) is 24.3 Å². The van der Waals surface area contributed by atoms with Crippen molar-refractivity contribution in [3.05, 3.63) is 40.4 Å². The van der Waals surface area contributed by atoms with E-state index in [-0.39, 0.29) is 0 Å². The molecule has 1 fully saturated rings. The van der Waals surface area contributed by atoms with Crippen molar-refractivity contribution in [3.8, 4) is 11.3 Å². The lowest BCUT2D eigenvalue weighted by atomic mass is 10.0. The summed E-state index contributed by atoms with van der Waals surface area (Å²) >= 11 is 5.99. The fourth-order valence-corrected chi connectivity index (χ4v) is 3.61. The van der Waals surface area contributed by atoms with Gasteiger partial charge in [0.05, 0.1) is 11.8 Å². The summed E-state index contributed by atoms with van der Waals surface area (Å²) in [5, 5.41) is 13.2. The number of benzene rings is 1. The molecule has 2 aromatic rings. The van der Waals surface area contributed by atoms with E-state index in [4.69, 9.17) is 16.3 Å². The first kappa shape index (κ1) is 14.9. The number of rotatable bonds is 4. The van der Waals surface area contributed by atoms with Gasteiger partial charge in [-0.2, -0.15) is 0 Å². The number of hydrogen-bond acceptors (Lipinski definition) is 4. The van der Waals surface area contributed by atoms with Crippen LogP contribution in [0.25, 0.3) is 11.3 Å². The van der Waals surface area contributed by atoms with Crippen LogP contribution in [0.4, 0.5) is 5.82 Å². The summed E-state index contributed by atoms with van der Waals surface area (Å²) in [6, 6.07) is 7.85. The fraction of sp³-hybridized carbons (Fsp3) is 0.444. The minimum atomic E-state index is 0.310. The number of hydrogen-bond donors (Lipinski definition) is 1. The summed E-state index contributed by atoms with van der Waals surface area (Å²) < 4.78 is 5.68. The molecule has 0 bridgehead atoms. The lowest BCUT2D eigenvalue weighted by Crippen LogP contribution is -2.20. The summed E-state index contributed by atoms with van der Waals surface area (Å²) in [5.74, 6) is 0.936. The topological polar surface area (TPSA) is 47.0 Å². The van der Waals surface area contributed by atoms with Gasteiger partial charge < -0.3 is 10.1 Å². The van der Waals surface area contributed by atoms with Crippen LogP contribution in [0.1, 0.15) is 30.4 Å². The Morgan fingerprint density at radius 1 is 1.09 bits per heavy atom. The van der Waals surface area contributed by atoms with E-state index in [0.717, 1.165) is 67.4 Å². The minimum absolute atomic E-state index is 0.310. The highest BCUT2D eigenvalue weighted by molar-refractivity contribution is 6.30. The maximum atomic E-state index is 5.99. The second-order valence-corrected chi connectivity index (χ2v) is 6.67. The van der Waals surface area contributed by atoms with Gasteiger partial charge >= 0.3 is 0 Å². The Morgan fingerprint density at radius 3 is 2.70 bits per heavy atom. The van der Waals surface area contributed by atoms with Crippen LogP contribution in [0.2, 0.25) is 5.02 Å². The smallest absolute Gasteiger partial charge is 0.152 e. The Labute approximate surface area is 141 Å². The van der Waals surface area contributed by atoms with Crippen molar-refractivity contribution >= 4 is 17.4 Å². The van der Waals surface area contributed by atoms with Crippen molar-refractivity contribution in [1.29, 1.82) is 0 Å². The molecule has 1 aliphatic heterocycles. The molecule has 4 nitrogen and oxygen atoms in total. The molecule has 1 aromatic heterocycles. The highest BCUT2D eigenvalue weighted by Crippen LogP contribution is 2.34. The van der Waals surface area contributed by atoms with Crippen LogP contribution in [0.5, 0.6) is 0 Å². The van der Waals surface area contributed by atoms with Crippen LogP contribution in [-0.4, -0.2) is 29.5 Å². The molecule has 2 heterocycles. The Bertz CT molecular complexity index is 696. The van der Waals surface area contributed by atoms with Gasteiger partial charge in [0.1, 0.15) is 0 Å². The van der Waals surface area contributed by atoms with E-state index < -0.39 is 0 Å². The minimum Gasteiger partial charge on any atom is -0.376 e. The SMILES string of the molecule is Clc1ccc(-c2nnc(NCC3CCCO3)c3c2CCC3)cc1. The van der Waals surface area contributed by atoms with Gasteiger partial charge in [0.15, 0.2) is 5.82 Å². The van der Waals surface area contributed by atoms with Crippen molar-refractivity contribution in [2.24, 2.45) is 0 Å². The number of fused-ring (bicyclic) bond motifs is 1. The second-order valence-electron chi connectivity index (χ2n) is 6.23. The molecular weight excluding hydrogens is 310 g/mol. The third-order valence-electron chi connectivity index (χ3n) is 4.68. The molecule has 1 N–H and O–H groups in total. The monoisotopic (exact) mass is 329 g/mol. The third-order valence-corrected chi connectivity index (χ3v) is 4.93. The lowest BCUT2D eigenvalue weighted by molar-refractivity contribution is 0.120. The largest absolute Gasteiger partial charge is 0.376 e. The van der Waals surface area contributed by atoms with E-state index in [1.165, 1.54) is 11.1 Å². The van der Waals surface area contributed by atoms with E-state index in [9.17, 15) is 0 Å². The molecule has 1 aromatic carbocycles. The first-order chi connectivity index (χ1) is 11.3. The van der Waals surface area contributed by atoms with Gasteiger partial charge in [-0.1, -0.05) is 23.7 Å². The average molecular weight is 330 g/mol. The number of aromatic nitrogens is 2. The van der Waals surface area contributed by atoms with E-state index >= 15 is 0 Å². The highest BCUT2D eigenvalue weighted by Gasteiger charge is 2.23. The number of halogens is 1. The molecule has 23 heavy (non-hydrogen) atoms. The Balaban J connectivity index is 1.60. The van der Waals surface area contributed by atoms with Crippen LogP contribution < -0.4 is 5.32 Å². The van der Waals surface area contributed by atoms with Gasteiger partial charge in [0, 0.05) is 29.3 Å². The molecular formula is C18H20ClN3O. The van der Waals surface area contributed by atoms with E-state index in [2.05, 4.69) is 15.5 Å². The number of anilines is 1. The first-order valence-electron chi connectivity index (χ1n) is 8.31. The van der Waals surface area contributed by atoms with Crippen LogP contribution in [-0.2, 0) is 17.6 Å². The zero-order valence-electron chi connectivity index (χ0n) is 13.0. The molecule has 0 saturated carbocycles. The van der Waals surface area contributed by atoms with Crippen molar-refractivity contribution in [3.63, 3.8) is 0 Å². The molecule has 2 aliphatic rings. The maximum Gasteiger partial charge on any atom is 0.152 e. The molecule has 120 valence electrons. The molecule has 0 radical (unpaired) electrons. The summed E-state index contributed by atoms with van der Waals surface area (Å²) in [5.41, 5.74) is 4.74. The summed E-state index contributed by atoms with van der Waals surface area (Å²) in [6.45, 7) is 1.70. The van der Waals surface area contributed by atoms with Gasteiger partial charge in [0.2, 0.25) is 0 Å². The quantitative estimate of drug-likeness (QED) is 0.924. The average Bonchev–Trinajstić information content (AvgIpc) is 3.25. The number of nitrogens with one attached hydrogen (secondary N) is 1. The van der Waals surface area contributed by atoms with Crippen LogP contribution in [0.3, 0.4) is 0 Å². The maximum absolute atomic E-state index is 5.99. The Kier molecular flexibility index (Phi) is 4.19. The standard InChI is InChI=1S/C18H20ClN3O/c19-13-8-6-12(7-9-13)17-15-4-1-5-16(15)18(22-21-17)20-11-14-3-2-10-23-14/h6-9,14H,1-5,10-11H2,(H,20,22). The first-order valence-corrected chi connectivity index (χ1v) is 8.69. The molecule has 0 amide bonds. The predicted octanol–water partition coefficient (Wildman–Crippen LogP) is 3.88. The van der Waals surface area contributed by atoms with Gasteiger partial charge in [0.25, 0.3) is 0 Å². The predicted molar refractivity (Wildman–Crippen MR) is 92.0 cm³/mol. The van der Waals surface area contributed by atoms with Crippen molar-refractivity contribution in [2.45, 2.75) is 38.2 Å². The molecule has 1 unspecified atom stereocenters. The third kappa shape index (κ3) is 3.06. The molecule has 0 spiro atoms. The van der Waals surface area contributed by atoms with E-state index in [0.29, 0.717) is 6.10 Å². The van der Waals surface area contributed by atoms with Gasteiger partial charge in [-0.25, -0.2) is 0 Å². The summed E-state index contributed by atoms with van der Waals surface area (Å²) in [6.07, 6.45) is 5.90. The van der Waals surface area contributed by atoms with E-state index in [1.807, 2.05) is 24.3 Å². The molecule has 5 heteroatoms. The Hall–Kier alpha value is -1.65. The Morgan fingerprint density at radius 2 is 1.91 bits per heavy atom.